The van der Waals surface area contributed by atoms with Crippen molar-refractivity contribution in [2.24, 2.45) is 0 Å². The van der Waals surface area contributed by atoms with Crippen LogP contribution in [-0.2, 0) is 9.36 Å². The van der Waals surface area contributed by atoms with Gasteiger partial charge in [0.1, 0.15) is 24.9 Å². The first kappa shape index (κ1) is 18.9. The fourth-order valence-electron chi connectivity index (χ4n) is 0.602. The molecule has 0 fully saturated rings. The molecule has 0 aromatic heterocycles. The van der Waals surface area contributed by atoms with Crippen LogP contribution in [0.25, 0.3) is 0 Å². The van der Waals surface area contributed by atoms with Gasteiger partial charge in [-0.15, -0.1) is 0 Å². The van der Waals surface area contributed by atoms with E-state index < -0.39 is 45.1 Å². The topological polar surface area (TPSA) is 196 Å². The van der Waals surface area contributed by atoms with Crippen molar-refractivity contribution in [3.8, 4) is 0 Å². The zero-order valence-electron chi connectivity index (χ0n) is 8.49. The number of carbonyl (C=O) groups excluding carboxylic acids is 1. The summed E-state index contributed by atoms with van der Waals surface area (Å²) in [5, 5.41) is 43.1. The van der Waals surface area contributed by atoms with Gasteiger partial charge in [-0.05, 0) is 0 Å². The van der Waals surface area contributed by atoms with Gasteiger partial charge >= 0.3 is 7.82 Å². The van der Waals surface area contributed by atoms with Crippen LogP contribution >= 0.6 is 7.82 Å². The van der Waals surface area contributed by atoms with Gasteiger partial charge in [-0.1, -0.05) is 0 Å². The van der Waals surface area contributed by atoms with Crippen molar-refractivity contribution in [2.45, 2.75) is 18.3 Å². The van der Waals surface area contributed by atoms with E-state index >= 15 is 0 Å². The zero-order valence-corrected chi connectivity index (χ0v) is 9.38. The molecule has 0 aromatic carbocycles. The minimum atomic E-state index is -4.64. The Hall–Kier alpha value is -0.420. The number of aliphatic hydroxyl groups excluding tert-OH is 5. The van der Waals surface area contributed by atoms with Gasteiger partial charge in [0.05, 0.1) is 6.61 Å². The highest BCUT2D eigenvalue weighted by Gasteiger charge is 2.28. The van der Waals surface area contributed by atoms with Crippen molar-refractivity contribution >= 4 is 13.6 Å². The second kappa shape index (κ2) is 8.64. The highest BCUT2D eigenvalue weighted by atomic mass is 31.2. The fourth-order valence-corrected chi connectivity index (χ4v) is 0.602. The summed E-state index contributed by atoms with van der Waals surface area (Å²) < 4.78 is 8.88. The highest BCUT2D eigenvalue weighted by Crippen LogP contribution is 2.25. The summed E-state index contributed by atoms with van der Waals surface area (Å²) in [6.45, 7) is -1.69. The van der Waals surface area contributed by atoms with Crippen LogP contribution in [0.3, 0.4) is 0 Å². The third-order valence-corrected chi connectivity index (χ3v) is 1.39. The van der Waals surface area contributed by atoms with Crippen molar-refractivity contribution in [3.05, 3.63) is 0 Å². The molecule has 17 heavy (non-hydrogen) atoms. The maximum absolute atomic E-state index is 10.5. The third kappa shape index (κ3) is 11.8. The molecule has 0 amide bonds. The molecule has 104 valence electrons. The molecule has 0 radical (unpaired) electrons. The van der Waals surface area contributed by atoms with Gasteiger partial charge in [-0.25, -0.2) is 4.57 Å². The molecule has 0 unspecified atom stereocenters. The lowest BCUT2D eigenvalue weighted by atomic mass is 10.1. The van der Waals surface area contributed by atoms with Crippen molar-refractivity contribution in [1.29, 1.82) is 0 Å². The smallest absolute Gasteiger partial charge is 0.394 e. The summed E-state index contributed by atoms with van der Waals surface area (Å²) in [5.74, 6) is -1.00. The summed E-state index contributed by atoms with van der Waals surface area (Å²) in [7, 11) is -4.64. The summed E-state index contributed by atoms with van der Waals surface area (Å²) in [4.78, 5) is 32.1. The first-order valence-corrected chi connectivity index (χ1v) is 5.68. The van der Waals surface area contributed by atoms with Crippen LogP contribution in [0.4, 0.5) is 0 Å². The van der Waals surface area contributed by atoms with E-state index in [9.17, 15) is 4.79 Å². The average Bonchev–Trinajstić information content (AvgIpc) is 2.22. The molecule has 0 saturated heterocycles. The molecule has 10 nitrogen and oxygen atoms in total. The summed E-state index contributed by atoms with van der Waals surface area (Å²) in [6.07, 6.45) is -5.22. The average molecular weight is 278 g/mol. The first-order valence-electron chi connectivity index (χ1n) is 4.11. The van der Waals surface area contributed by atoms with Crippen molar-refractivity contribution < 1.29 is 49.6 Å². The van der Waals surface area contributed by atoms with Gasteiger partial charge in [-0.2, -0.15) is 0 Å². The molecule has 0 bridgehead atoms. The van der Waals surface area contributed by atoms with Crippen LogP contribution in [0.5, 0.6) is 0 Å². The van der Waals surface area contributed by atoms with Gasteiger partial charge in [0.2, 0.25) is 0 Å². The molecule has 3 atom stereocenters. The Morgan fingerprint density at radius 2 is 1.41 bits per heavy atom. The second-order valence-electron chi connectivity index (χ2n) is 2.82. The van der Waals surface area contributed by atoms with Crippen molar-refractivity contribution in [1.82, 2.24) is 0 Å². The summed E-state index contributed by atoms with van der Waals surface area (Å²) in [5.41, 5.74) is 0. The van der Waals surface area contributed by atoms with E-state index in [1.807, 2.05) is 0 Å². The van der Waals surface area contributed by atoms with Crippen molar-refractivity contribution in [3.63, 3.8) is 0 Å². The zero-order chi connectivity index (χ0) is 14.2. The molecule has 8 N–H and O–H groups in total. The number of ketones is 1. The molecule has 0 aliphatic rings. The fraction of sp³-hybridized carbons (Fsp3) is 0.833. The molecule has 0 saturated carbocycles. The Kier molecular flexibility index (Phi) is 9.62. The SMILES string of the molecule is O=C(CO)[C@@H](O)[C@H](O)[C@H](O)CO.O=P(O)(O)O. The quantitative estimate of drug-likeness (QED) is 0.228. The van der Waals surface area contributed by atoms with Crippen LogP contribution in [0.2, 0.25) is 0 Å². The Balaban J connectivity index is 0. The predicted molar refractivity (Wildman–Crippen MR) is 51.5 cm³/mol. The number of Topliss-reactive ketones (excluding diaryl/α,β-unsaturated/α-hetero) is 1. The number of aliphatic hydroxyl groups is 5. The van der Waals surface area contributed by atoms with E-state index in [1.165, 1.54) is 0 Å². The number of hydrogen-bond acceptors (Lipinski definition) is 7. The van der Waals surface area contributed by atoms with E-state index in [0.29, 0.717) is 0 Å². The van der Waals surface area contributed by atoms with Gasteiger partial charge in [0.15, 0.2) is 5.78 Å². The summed E-state index contributed by atoms with van der Waals surface area (Å²) >= 11 is 0. The van der Waals surface area contributed by atoms with Gasteiger partial charge in [0, 0.05) is 0 Å². The second-order valence-corrected chi connectivity index (χ2v) is 3.85. The van der Waals surface area contributed by atoms with Gasteiger partial charge < -0.3 is 40.2 Å². The predicted octanol–water partition coefficient (Wildman–Crippen LogP) is -4.31. The molecule has 0 spiro atoms. The van der Waals surface area contributed by atoms with E-state index in [-0.39, 0.29) is 0 Å². The van der Waals surface area contributed by atoms with Gasteiger partial charge in [0.25, 0.3) is 0 Å². The summed E-state index contributed by atoms with van der Waals surface area (Å²) in [6, 6.07) is 0. The normalized spacial score (nSPS) is 16.5. The Bertz CT molecular complexity index is 253. The minimum absolute atomic E-state index is 0.767. The van der Waals surface area contributed by atoms with E-state index in [1.54, 1.807) is 0 Å². The van der Waals surface area contributed by atoms with E-state index in [4.69, 9.17) is 44.8 Å². The molecular formula is C6H15O10P. The van der Waals surface area contributed by atoms with Gasteiger partial charge in [-0.3, -0.25) is 4.79 Å². The van der Waals surface area contributed by atoms with Crippen LogP contribution in [0.15, 0.2) is 0 Å². The largest absolute Gasteiger partial charge is 0.466 e. The molecule has 0 rings (SSSR count). The maximum atomic E-state index is 10.5. The lowest BCUT2D eigenvalue weighted by Gasteiger charge is -2.19. The Morgan fingerprint density at radius 3 is 1.65 bits per heavy atom. The Morgan fingerprint density at radius 1 is 1.06 bits per heavy atom. The standard InChI is InChI=1S/C6H12O6.H3O4P/c7-1-3(9)5(11)6(12)4(10)2-8;1-5(2,3)4/h3,5-9,11-12H,1-2H2;(H3,1,2,3,4)/t3-,5-,6-;/m1./s1. The highest BCUT2D eigenvalue weighted by molar-refractivity contribution is 7.45. The molecular weight excluding hydrogens is 263 g/mol. The number of rotatable bonds is 5. The lowest BCUT2D eigenvalue weighted by Crippen LogP contribution is -2.44. The van der Waals surface area contributed by atoms with E-state index in [0.717, 1.165) is 0 Å². The molecule has 11 heteroatoms. The Labute approximate surface area is 95.6 Å². The number of hydrogen-bond donors (Lipinski definition) is 8. The van der Waals surface area contributed by atoms with E-state index in [2.05, 4.69) is 0 Å². The maximum Gasteiger partial charge on any atom is 0.466 e. The van der Waals surface area contributed by atoms with Crippen LogP contribution < -0.4 is 0 Å². The molecule has 0 heterocycles. The molecule has 0 aliphatic heterocycles. The minimum Gasteiger partial charge on any atom is -0.394 e. The third-order valence-electron chi connectivity index (χ3n) is 1.39. The van der Waals surface area contributed by atoms with Crippen LogP contribution in [0.1, 0.15) is 0 Å². The van der Waals surface area contributed by atoms with Crippen LogP contribution in [0, 0.1) is 0 Å². The number of carbonyl (C=O) groups is 1. The van der Waals surface area contributed by atoms with Crippen LogP contribution in [-0.4, -0.2) is 77.5 Å². The monoisotopic (exact) mass is 278 g/mol. The molecule has 0 aromatic rings. The lowest BCUT2D eigenvalue weighted by molar-refractivity contribution is -0.142. The first-order chi connectivity index (χ1) is 7.54. The molecule has 0 aliphatic carbocycles. The van der Waals surface area contributed by atoms with Crippen molar-refractivity contribution in [2.75, 3.05) is 13.2 Å². The number of phosphoric acid groups is 1.